The van der Waals surface area contributed by atoms with E-state index in [2.05, 4.69) is 20.3 Å². The summed E-state index contributed by atoms with van der Waals surface area (Å²) in [5.74, 6) is 0.150. The highest BCUT2D eigenvalue weighted by atomic mass is 19.4. The number of alkyl halides is 6. The smallest absolute Gasteiger partial charge is 0.416 e. The van der Waals surface area contributed by atoms with E-state index < -0.39 is 30.1 Å². The first kappa shape index (κ1) is 24.5. The first-order valence-corrected chi connectivity index (χ1v) is 10.4. The second-order valence-corrected chi connectivity index (χ2v) is 7.48. The standard InChI is InChI=1S/C22H19F6N5O2/c23-21(24,25)15-5-7-16(8-6-15)29-18-30-19(33-9-11-34-12-10-33)32-20(31-18)35-13-14-3-1-2-4-17(14)22(26,27)28/h1-8H,9-13H2,(H,29,30,31,32). The van der Waals surface area contributed by atoms with Crippen LogP contribution in [-0.4, -0.2) is 41.3 Å². The molecule has 7 nitrogen and oxygen atoms in total. The van der Waals surface area contributed by atoms with Gasteiger partial charge in [0.15, 0.2) is 0 Å². The minimum absolute atomic E-state index is 0.0413. The molecule has 2 aromatic carbocycles. The monoisotopic (exact) mass is 499 g/mol. The van der Waals surface area contributed by atoms with Crippen molar-refractivity contribution in [2.75, 3.05) is 36.5 Å². The molecule has 0 bridgehead atoms. The molecule has 35 heavy (non-hydrogen) atoms. The number of nitrogens with one attached hydrogen (secondary N) is 1. The molecule has 1 N–H and O–H groups in total. The lowest BCUT2D eigenvalue weighted by Crippen LogP contribution is -2.37. The number of morpholine rings is 1. The Labute approximate surface area is 195 Å². The summed E-state index contributed by atoms with van der Waals surface area (Å²) in [5.41, 5.74) is -1.50. The molecule has 0 amide bonds. The van der Waals surface area contributed by atoms with E-state index in [1.54, 1.807) is 4.90 Å². The normalized spacial score (nSPS) is 14.6. The Hall–Kier alpha value is -3.61. The van der Waals surface area contributed by atoms with Crippen molar-refractivity contribution in [3.05, 3.63) is 65.2 Å². The van der Waals surface area contributed by atoms with Gasteiger partial charge in [-0.05, 0) is 30.3 Å². The van der Waals surface area contributed by atoms with Crippen molar-refractivity contribution in [1.29, 1.82) is 0 Å². The molecule has 0 unspecified atom stereocenters. The molecule has 0 saturated carbocycles. The Morgan fingerprint density at radius 3 is 2.20 bits per heavy atom. The van der Waals surface area contributed by atoms with Gasteiger partial charge >= 0.3 is 18.4 Å². The molecule has 1 aliphatic rings. The number of hydrogen-bond donors (Lipinski definition) is 1. The van der Waals surface area contributed by atoms with Gasteiger partial charge in [-0.3, -0.25) is 0 Å². The van der Waals surface area contributed by atoms with E-state index >= 15 is 0 Å². The Kier molecular flexibility index (Phi) is 6.96. The first-order chi connectivity index (χ1) is 16.6. The molecule has 1 aromatic heterocycles. The van der Waals surface area contributed by atoms with Crippen LogP contribution in [0.15, 0.2) is 48.5 Å². The fraction of sp³-hybridized carbons (Fsp3) is 0.318. The Morgan fingerprint density at radius 2 is 1.54 bits per heavy atom. The summed E-state index contributed by atoms with van der Waals surface area (Å²) in [7, 11) is 0. The Balaban J connectivity index is 1.59. The van der Waals surface area contributed by atoms with Gasteiger partial charge in [-0.2, -0.15) is 41.3 Å². The average Bonchev–Trinajstić information content (AvgIpc) is 2.82. The number of ether oxygens (including phenoxy) is 2. The van der Waals surface area contributed by atoms with Crippen LogP contribution in [0.5, 0.6) is 6.01 Å². The third kappa shape index (κ3) is 6.29. The average molecular weight is 499 g/mol. The maximum Gasteiger partial charge on any atom is 0.416 e. The third-order valence-electron chi connectivity index (χ3n) is 5.04. The van der Waals surface area contributed by atoms with Crippen molar-refractivity contribution in [1.82, 2.24) is 15.0 Å². The van der Waals surface area contributed by atoms with Crippen molar-refractivity contribution in [3.8, 4) is 6.01 Å². The molecule has 0 atom stereocenters. The molecule has 0 spiro atoms. The molecule has 3 aromatic rings. The maximum absolute atomic E-state index is 13.3. The van der Waals surface area contributed by atoms with Crippen molar-refractivity contribution in [2.45, 2.75) is 19.0 Å². The molecule has 2 heterocycles. The Bertz CT molecular complexity index is 1150. The van der Waals surface area contributed by atoms with Crippen LogP contribution >= 0.6 is 0 Å². The minimum Gasteiger partial charge on any atom is -0.458 e. The predicted octanol–water partition coefficient (Wildman–Crippen LogP) is 5.07. The second kappa shape index (κ2) is 9.94. The van der Waals surface area contributed by atoms with Gasteiger partial charge in [-0.25, -0.2) is 0 Å². The van der Waals surface area contributed by atoms with Crippen LogP contribution in [0.25, 0.3) is 0 Å². The van der Waals surface area contributed by atoms with Crippen LogP contribution < -0.4 is 15.0 Å². The van der Waals surface area contributed by atoms with Crippen molar-refractivity contribution in [2.24, 2.45) is 0 Å². The summed E-state index contributed by atoms with van der Waals surface area (Å²) in [6.07, 6.45) is -9.05. The molecule has 4 rings (SSSR count). The highest BCUT2D eigenvalue weighted by molar-refractivity contribution is 5.55. The van der Waals surface area contributed by atoms with Crippen LogP contribution in [0.1, 0.15) is 16.7 Å². The molecular formula is C22H19F6N5O2. The van der Waals surface area contributed by atoms with E-state index in [1.165, 1.54) is 30.3 Å². The zero-order chi connectivity index (χ0) is 25.1. The molecule has 186 valence electrons. The van der Waals surface area contributed by atoms with Crippen LogP contribution in [0.3, 0.4) is 0 Å². The molecule has 1 fully saturated rings. The lowest BCUT2D eigenvalue weighted by molar-refractivity contribution is -0.139. The van der Waals surface area contributed by atoms with Crippen molar-refractivity contribution in [3.63, 3.8) is 0 Å². The molecule has 1 saturated heterocycles. The van der Waals surface area contributed by atoms with Gasteiger partial charge in [0, 0.05) is 24.3 Å². The van der Waals surface area contributed by atoms with Gasteiger partial charge in [0.05, 0.1) is 24.3 Å². The predicted molar refractivity (Wildman–Crippen MR) is 113 cm³/mol. The topological polar surface area (TPSA) is 72.4 Å². The number of nitrogens with zero attached hydrogens (tertiary/aromatic N) is 4. The first-order valence-electron chi connectivity index (χ1n) is 10.4. The summed E-state index contributed by atoms with van der Waals surface area (Å²) in [6.45, 7) is 1.30. The summed E-state index contributed by atoms with van der Waals surface area (Å²) in [6, 6.07) is 8.94. The summed E-state index contributed by atoms with van der Waals surface area (Å²) < 4.78 is 89.2. The SMILES string of the molecule is FC(F)(F)c1ccc(Nc2nc(OCc3ccccc3C(F)(F)F)nc(N3CCOCC3)n2)cc1. The van der Waals surface area contributed by atoms with Gasteiger partial charge in [0.25, 0.3) is 0 Å². The zero-order valence-electron chi connectivity index (χ0n) is 18.0. The summed E-state index contributed by atoms with van der Waals surface area (Å²) >= 11 is 0. The highest BCUT2D eigenvalue weighted by Crippen LogP contribution is 2.33. The van der Waals surface area contributed by atoms with Crippen molar-refractivity contribution < 1.29 is 35.8 Å². The van der Waals surface area contributed by atoms with E-state index in [9.17, 15) is 26.3 Å². The summed E-state index contributed by atoms with van der Waals surface area (Å²) in [4.78, 5) is 14.4. The van der Waals surface area contributed by atoms with Crippen LogP contribution in [0.4, 0.5) is 43.9 Å². The number of aromatic nitrogens is 3. The number of rotatable bonds is 6. The van der Waals surface area contributed by atoms with E-state index in [1.807, 2.05) is 0 Å². The Morgan fingerprint density at radius 1 is 0.857 bits per heavy atom. The van der Waals surface area contributed by atoms with E-state index in [0.29, 0.717) is 26.3 Å². The number of anilines is 3. The number of halogens is 6. The zero-order valence-corrected chi connectivity index (χ0v) is 18.0. The third-order valence-corrected chi connectivity index (χ3v) is 5.04. The molecule has 0 aliphatic carbocycles. The molecule has 0 radical (unpaired) electrons. The van der Waals surface area contributed by atoms with Gasteiger partial charge in [-0.15, -0.1) is 0 Å². The van der Waals surface area contributed by atoms with Crippen LogP contribution in [0, 0.1) is 0 Å². The number of hydrogen-bond acceptors (Lipinski definition) is 7. The highest BCUT2D eigenvalue weighted by Gasteiger charge is 2.33. The minimum atomic E-state index is -4.56. The van der Waals surface area contributed by atoms with E-state index in [0.717, 1.165) is 18.2 Å². The summed E-state index contributed by atoms with van der Waals surface area (Å²) in [5, 5.41) is 2.79. The van der Waals surface area contributed by atoms with Gasteiger partial charge in [0.1, 0.15) is 6.61 Å². The molecule has 1 aliphatic heterocycles. The fourth-order valence-corrected chi connectivity index (χ4v) is 3.31. The molecular weight excluding hydrogens is 480 g/mol. The van der Waals surface area contributed by atoms with Gasteiger partial charge in [-0.1, -0.05) is 18.2 Å². The lowest BCUT2D eigenvalue weighted by atomic mass is 10.1. The maximum atomic E-state index is 13.3. The quantitative estimate of drug-likeness (QED) is 0.475. The van der Waals surface area contributed by atoms with E-state index in [4.69, 9.17) is 9.47 Å². The van der Waals surface area contributed by atoms with Gasteiger partial charge in [0.2, 0.25) is 11.9 Å². The largest absolute Gasteiger partial charge is 0.458 e. The lowest BCUT2D eigenvalue weighted by Gasteiger charge is -2.27. The van der Waals surface area contributed by atoms with E-state index in [-0.39, 0.29) is 29.2 Å². The molecule has 13 heteroatoms. The second-order valence-electron chi connectivity index (χ2n) is 7.48. The number of benzene rings is 2. The van der Waals surface area contributed by atoms with Gasteiger partial charge < -0.3 is 19.7 Å². The van der Waals surface area contributed by atoms with Crippen LogP contribution in [0.2, 0.25) is 0 Å². The van der Waals surface area contributed by atoms with Crippen molar-refractivity contribution >= 4 is 17.6 Å². The van der Waals surface area contributed by atoms with Crippen LogP contribution in [-0.2, 0) is 23.7 Å². The fourth-order valence-electron chi connectivity index (χ4n) is 3.31.